The molecule has 0 aromatic carbocycles. The van der Waals surface area contributed by atoms with E-state index in [2.05, 4.69) is 17.2 Å². The summed E-state index contributed by atoms with van der Waals surface area (Å²) in [6.45, 7) is 3.35. The second kappa shape index (κ2) is 2.45. The molecule has 0 radical (unpaired) electrons. The van der Waals surface area contributed by atoms with Crippen molar-refractivity contribution in [2.45, 2.75) is 0 Å². The zero-order chi connectivity index (χ0) is 8.43. The molecule has 5 nitrogen and oxygen atoms in total. The van der Waals surface area contributed by atoms with E-state index in [0.29, 0.717) is 0 Å². The largest absolute Gasteiger partial charge is 0.477 e. The van der Waals surface area contributed by atoms with Crippen LogP contribution in [0.5, 0.6) is 0 Å². The third-order valence-electron chi connectivity index (χ3n) is 1.07. The summed E-state index contributed by atoms with van der Waals surface area (Å²) in [5, 5.41) is 13.1. The fourth-order valence-electron chi connectivity index (χ4n) is 0.661. The minimum atomic E-state index is -1.18. The zero-order valence-electron chi connectivity index (χ0n) is 5.55. The van der Waals surface area contributed by atoms with Crippen LogP contribution in [-0.4, -0.2) is 17.0 Å². The van der Waals surface area contributed by atoms with Crippen LogP contribution in [0.2, 0.25) is 0 Å². The number of hydrogen-bond acceptors (Lipinski definition) is 3. The molecule has 11 heavy (non-hydrogen) atoms. The average molecular weight is 154 g/mol. The Morgan fingerprint density at radius 3 is 2.64 bits per heavy atom. The van der Waals surface area contributed by atoms with Gasteiger partial charge >= 0.3 is 5.97 Å². The number of carbonyl (C=O) groups is 2. The molecule has 0 spiro atoms. The topological polar surface area (TPSA) is 78.4 Å². The number of carboxylic acid groups (broad SMARTS) is 1. The molecule has 0 aliphatic carbocycles. The van der Waals surface area contributed by atoms with E-state index in [9.17, 15) is 9.59 Å². The Labute approximate surface area is 62.4 Å². The molecule has 0 bridgehead atoms. The molecule has 5 heteroatoms. The Morgan fingerprint density at radius 2 is 2.18 bits per heavy atom. The summed E-state index contributed by atoms with van der Waals surface area (Å²) in [7, 11) is 0. The summed E-state index contributed by atoms with van der Waals surface area (Å²) in [5.41, 5.74) is -0.168. The lowest BCUT2D eigenvalue weighted by molar-refractivity contribution is -0.133. The monoisotopic (exact) mass is 154 g/mol. The van der Waals surface area contributed by atoms with Crippen LogP contribution >= 0.6 is 0 Å². The zero-order valence-corrected chi connectivity index (χ0v) is 5.55. The van der Waals surface area contributed by atoms with Gasteiger partial charge in [0, 0.05) is 6.08 Å². The standard InChI is InChI=1S/C6H6N2O3/c1-3-7-4(6(10)11)2-5(9)8-3/h2,7H,1H2,(H,8,9)(H,10,11). The lowest BCUT2D eigenvalue weighted by atomic mass is 10.3. The van der Waals surface area contributed by atoms with Crippen LogP contribution in [0, 0.1) is 0 Å². The number of amides is 1. The Morgan fingerprint density at radius 1 is 1.55 bits per heavy atom. The summed E-state index contributed by atoms with van der Waals surface area (Å²) >= 11 is 0. The predicted octanol–water partition coefficient (Wildman–Crippen LogP) is -0.855. The Hall–Kier alpha value is -1.78. The van der Waals surface area contributed by atoms with Crippen LogP contribution < -0.4 is 10.6 Å². The van der Waals surface area contributed by atoms with Gasteiger partial charge in [-0.25, -0.2) is 4.79 Å². The molecule has 1 amide bonds. The molecule has 3 N–H and O–H groups in total. The normalized spacial score (nSPS) is 16.5. The molecule has 0 unspecified atom stereocenters. The molecule has 0 saturated heterocycles. The van der Waals surface area contributed by atoms with Crippen LogP contribution in [-0.2, 0) is 9.59 Å². The first-order valence-corrected chi connectivity index (χ1v) is 2.81. The molecular weight excluding hydrogens is 148 g/mol. The van der Waals surface area contributed by atoms with Crippen molar-refractivity contribution < 1.29 is 14.7 Å². The van der Waals surface area contributed by atoms with Gasteiger partial charge in [0.15, 0.2) is 0 Å². The maximum atomic E-state index is 10.6. The highest BCUT2D eigenvalue weighted by Crippen LogP contribution is 1.97. The molecule has 1 rings (SSSR count). The van der Waals surface area contributed by atoms with E-state index in [0.717, 1.165) is 6.08 Å². The molecule has 0 saturated carbocycles. The number of rotatable bonds is 1. The van der Waals surface area contributed by atoms with Crippen molar-refractivity contribution >= 4 is 11.9 Å². The number of aliphatic carboxylic acids is 1. The van der Waals surface area contributed by atoms with Crippen molar-refractivity contribution in [1.82, 2.24) is 10.6 Å². The second-order valence-electron chi connectivity index (χ2n) is 1.96. The van der Waals surface area contributed by atoms with Gasteiger partial charge < -0.3 is 15.7 Å². The van der Waals surface area contributed by atoms with E-state index < -0.39 is 11.9 Å². The van der Waals surface area contributed by atoms with Crippen LogP contribution in [0.1, 0.15) is 0 Å². The van der Waals surface area contributed by atoms with Gasteiger partial charge in [-0.15, -0.1) is 0 Å². The van der Waals surface area contributed by atoms with Gasteiger partial charge in [-0.2, -0.15) is 0 Å². The molecule has 0 aromatic heterocycles. The van der Waals surface area contributed by atoms with Crippen LogP contribution in [0.25, 0.3) is 0 Å². The van der Waals surface area contributed by atoms with Gasteiger partial charge in [0.2, 0.25) is 0 Å². The van der Waals surface area contributed by atoms with Crippen LogP contribution in [0.4, 0.5) is 0 Å². The van der Waals surface area contributed by atoms with Gasteiger partial charge in [0.25, 0.3) is 5.91 Å². The Bertz CT molecular complexity index is 267. The number of nitrogens with one attached hydrogen (secondary N) is 2. The summed E-state index contributed by atoms with van der Waals surface area (Å²) < 4.78 is 0. The van der Waals surface area contributed by atoms with E-state index in [4.69, 9.17) is 5.11 Å². The maximum absolute atomic E-state index is 10.6. The van der Waals surface area contributed by atoms with Gasteiger partial charge in [0.1, 0.15) is 11.5 Å². The fraction of sp³-hybridized carbons (Fsp3) is 0. The number of carboxylic acids is 1. The molecular formula is C6H6N2O3. The SMILES string of the molecule is C=C1NC(=O)C=C(C(=O)O)N1. The minimum Gasteiger partial charge on any atom is -0.477 e. The summed E-state index contributed by atoms with van der Waals surface area (Å²) in [6.07, 6.45) is 0.955. The second-order valence-corrected chi connectivity index (χ2v) is 1.96. The molecule has 1 aliphatic rings. The molecule has 1 heterocycles. The number of hydrogen-bond donors (Lipinski definition) is 3. The highest BCUT2D eigenvalue weighted by molar-refractivity contribution is 5.99. The van der Waals surface area contributed by atoms with E-state index in [-0.39, 0.29) is 11.5 Å². The van der Waals surface area contributed by atoms with Gasteiger partial charge in [-0.3, -0.25) is 4.79 Å². The maximum Gasteiger partial charge on any atom is 0.352 e. The smallest absolute Gasteiger partial charge is 0.352 e. The van der Waals surface area contributed by atoms with Crippen molar-refractivity contribution in [1.29, 1.82) is 0 Å². The van der Waals surface area contributed by atoms with E-state index >= 15 is 0 Å². The molecule has 0 fully saturated rings. The van der Waals surface area contributed by atoms with Crippen molar-refractivity contribution in [2.24, 2.45) is 0 Å². The quantitative estimate of drug-likeness (QED) is 0.459. The first-order valence-electron chi connectivity index (χ1n) is 2.81. The fourth-order valence-corrected chi connectivity index (χ4v) is 0.661. The number of carbonyl (C=O) groups excluding carboxylic acids is 1. The highest BCUT2D eigenvalue weighted by Gasteiger charge is 2.15. The van der Waals surface area contributed by atoms with Crippen molar-refractivity contribution in [3.63, 3.8) is 0 Å². The average Bonchev–Trinajstić information content (AvgIpc) is 1.85. The third kappa shape index (κ3) is 1.57. The lowest BCUT2D eigenvalue weighted by Crippen LogP contribution is -2.37. The van der Waals surface area contributed by atoms with Crippen molar-refractivity contribution in [3.05, 3.63) is 24.2 Å². The van der Waals surface area contributed by atoms with E-state index in [1.54, 1.807) is 0 Å². The molecule has 58 valence electrons. The van der Waals surface area contributed by atoms with Crippen molar-refractivity contribution in [3.8, 4) is 0 Å². The van der Waals surface area contributed by atoms with Gasteiger partial charge in [-0.1, -0.05) is 6.58 Å². The van der Waals surface area contributed by atoms with Gasteiger partial charge in [0.05, 0.1) is 0 Å². The van der Waals surface area contributed by atoms with Crippen LogP contribution in [0.3, 0.4) is 0 Å². The van der Waals surface area contributed by atoms with Gasteiger partial charge in [-0.05, 0) is 0 Å². The lowest BCUT2D eigenvalue weighted by Gasteiger charge is -2.14. The summed E-state index contributed by atoms with van der Waals surface area (Å²) in [6, 6.07) is 0. The molecule has 1 aliphatic heterocycles. The highest BCUT2D eigenvalue weighted by atomic mass is 16.4. The minimum absolute atomic E-state index is 0.168. The van der Waals surface area contributed by atoms with E-state index in [1.165, 1.54) is 0 Å². The molecule has 0 atom stereocenters. The Balaban J connectivity index is 2.89. The molecule has 0 aromatic rings. The van der Waals surface area contributed by atoms with Crippen LogP contribution in [0.15, 0.2) is 24.2 Å². The Kier molecular flexibility index (Phi) is 1.63. The van der Waals surface area contributed by atoms with Crippen molar-refractivity contribution in [2.75, 3.05) is 0 Å². The van der Waals surface area contributed by atoms with E-state index in [1.807, 2.05) is 0 Å². The predicted molar refractivity (Wildman–Crippen MR) is 36.1 cm³/mol. The summed E-state index contributed by atoms with van der Waals surface area (Å²) in [4.78, 5) is 20.9. The third-order valence-corrected chi connectivity index (χ3v) is 1.07. The first kappa shape index (κ1) is 7.33. The first-order chi connectivity index (χ1) is 5.09. The summed E-state index contributed by atoms with van der Waals surface area (Å²) in [5.74, 6) is -1.48.